The lowest BCUT2D eigenvalue weighted by molar-refractivity contribution is -0.114. The van der Waals surface area contributed by atoms with Crippen LogP contribution in [0, 0.1) is 0 Å². The first kappa shape index (κ1) is 25.0. The first-order valence-electron chi connectivity index (χ1n) is 10.2. The second-order valence-corrected chi connectivity index (χ2v) is 10.5. The zero-order valence-corrected chi connectivity index (χ0v) is 20.7. The Morgan fingerprint density at radius 1 is 1.06 bits per heavy atom. The van der Waals surface area contributed by atoms with Crippen molar-refractivity contribution < 1.29 is 17.9 Å². The van der Waals surface area contributed by atoms with Gasteiger partial charge in [0.05, 0.1) is 24.2 Å². The molecule has 0 spiro atoms. The molecule has 0 aliphatic heterocycles. The standard InChI is InChI=1S/C24H25ClN2O4S2/c1-3-31-21-8-6-7-20(15-21)27(33(2,29)30)16-24(28)26-22-9-4-5-10-23(22)32-17-18-11-13-19(25)14-12-18/h4-15H,3,16-17H2,1-2H3,(H,26,28). The number of nitrogens with one attached hydrogen (secondary N) is 1. The molecule has 6 nitrogen and oxygen atoms in total. The smallest absolute Gasteiger partial charge is 0.245 e. The molecule has 0 aliphatic rings. The van der Waals surface area contributed by atoms with E-state index in [9.17, 15) is 13.2 Å². The lowest BCUT2D eigenvalue weighted by Gasteiger charge is -2.22. The molecule has 0 heterocycles. The number of rotatable bonds is 10. The molecule has 3 aromatic carbocycles. The molecule has 3 rings (SSSR count). The van der Waals surface area contributed by atoms with Crippen LogP contribution in [0.25, 0.3) is 0 Å². The van der Waals surface area contributed by atoms with Gasteiger partial charge in [-0.2, -0.15) is 0 Å². The van der Waals surface area contributed by atoms with Crippen molar-refractivity contribution in [3.63, 3.8) is 0 Å². The van der Waals surface area contributed by atoms with Crippen molar-refractivity contribution in [2.24, 2.45) is 0 Å². The van der Waals surface area contributed by atoms with Gasteiger partial charge in [0, 0.05) is 21.7 Å². The van der Waals surface area contributed by atoms with E-state index in [1.165, 1.54) is 0 Å². The average molecular weight is 505 g/mol. The Labute approximate surface area is 204 Å². The highest BCUT2D eigenvalue weighted by Crippen LogP contribution is 2.30. The minimum Gasteiger partial charge on any atom is -0.494 e. The molecule has 3 aromatic rings. The Balaban J connectivity index is 1.73. The van der Waals surface area contributed by atoms with Gasteiger partial charge in [0.2, 0.25) is 15.9 Å². The Bertz CT molecular complexity index is 1200. The third kappa shape index (κ3) is 7.42. The van der Waals surface area contributed by atoms with Crippen LogP contribution in [0.5, 0.6) is 5.75 Å². The topological polar surface area (TPSA) is 75.7 Å². The molecule has 0 aliphatic carbocycles. The highest BCUT2D eigenvalue weighted by atomic mass is 35.5. The Morgan fingerprint density at radius 3 is 2.48 bits per heavy atom. The predicted octanol–water partition coefficient (Wildman–Crippen LogP) is 5.44. The van der Waals surface area contributed by atoms with E-state index in [0.717, 1.165) is 21.0 Å². The zero-order valence-electron chi connectivity index (χ0n) is 18.3. The normalized spacial score (nSPS) is 11.1. The lowest BCUT2D eigenvalue weighted by Crippen LogP contribution is -2.37. The summed E-state index contributed by atoms with van der Waals surface area (Å²) in [4.78, 5) is 13.7. The van der Waals surface area contributed by atoms with Crippen LogP contribution in [0.15, 0.2) is 77.7 Å². The number of sulfonamides is 1. The number of hydrogen-bond donors (Lipinski definition) is 1. The summed E-state index contributed by atoms with van der Waals surface area (Å²) in [6, 6.07) is 21.7. The van der Waals surface area contributed by atoms with Crippen LogP contribution >= 0.6 is 23.4 Å². The van der Waals surface area contributed by atoms with Crippen LogP contribution in [-0.4, -0.2) is 33.7 Å². The summed E-state index contributed by atoms with van der Waals surface area (Å²) in [6.07, 6.45) is 1.07. The van der Waals surface area contributed by atoms with Crippen molar-refractivity contribution in [2.45, 2.75) is 17.6 Å². The van der Waals surface area contributed by atoms with E-state index in [1.807, 2.05) is 49.4 Å². The molecule has 0 saturated heterocycles. The van der Waals surface area contributed by atoms with Crippen molar-refractivity contribution in [3.05, 3.63) is 83.4 Å². The van der Waals surface area contributed by atoms with E-state index in [-0.39, 0.29) is 6.54 Å². The first-order chi connectivity index (χ1) is 15.8. The third-order valence-corrected chi connectivity index (χ3v) is 7.11. The Hall–Kier alpha value is -2.68. The molecule has 174 valence electrons. The molecule has 0 saturated carbocycles. The number of amides is 1. The number of carbonyl (C=O) groups is 1. The zero-order chi connectivity index (χ0) is 23.8. The highest BCUT2D eigenvalue weighted by molar-refractivity contribution is 7.98. The van der Waals surface area contributed by atoms with Crippen molar-refractivity contribution >= 4 is 50.7 Å². The second kappa shape index (κ2) is 11.4. The largest absolute Gasteiger partial charge is 0.494 e. The van der Waals surface area contributed by atoms with Gasteiger partial charge >= 0.3 is 0 Å². The number of nitrogens with zero attached hydrogens (tertiary/aromatic N) is 1. The fraction of sp³-hybridized carbons (Fsp3) is 0.208. The van der Waals surface area contributed by atoms with Crippen LogP contribution in [0.1, 0.15) is 12.5 Å². The van der Waals surface area contributed by atoms with E-state index in [4.69, 9.17) is 16.3 Å². The number of ether oxygens (including phenoxy) is 1. The average Bonchev–Trinajstić information content (AvgIpc) is 2.78. The molecule has 9 heteroatoms. The van der Waals surface area contributed by atoms with E-state index in [1.54, 1.807) is 42.1 Å². The number of hydrogen-bond acceptors (Lipinski definition) is 5. The summed E-state index contributed by atoms with van der Waals surface area (Å²) >= 11 is 7.52. The van der Waals surface area contributed by atoms with Crippen LogP contribution < -0.4 is 14.4 Å². The van der Waals surface area contributed by atoms with Gasteiger partial charge < -0.3 is 10.1 Å². The van der Waals surface area contributed by atoms with Gasteiger partial charge in [0.25, 0.3) is 0 Å². The molecular weight excluding hydrogens is 480 g/mol. The number of benzene rings is 3. The summed E-state index contributed by atoms with van der Waals surface area (Å²) in [5.41, 5.74) is 2.09. The predicted molar refractivity (Wildman–Crippen MR) is 136 cm³/mol. The van der Waals surface area contributed by atoms with E-state index < -0.39 is 15.9 Å². The highest BCUT2D eigenvalue weighted by Gasteiger charge is 2.22. The maximum atomic E-state index is 12.8. The molecular formula is C24H25ClN2O4S2. The Morgan fingerprint density at radius 2 is 1.79 bits per heavy atom. The molecule has 0 radical (unpaired) electrons. The monoisotopic (exact) mass is 504 g/mol. The lowest BCUT2D eigenvalue weighted by atomic mass is 10.2. The van der Waals surface area contributed by atoms with Gasteiger partial charge in [-0.15, -0.1) is 11.8 Å². The minimum atomic E-state index is -3.70. The van der Waals surface area contributed by atoms with Gasteiger partial charge in [-0.1, -0.05) is 41.9 Å². The third-order valence-electron chi connectivity index (χ3n) is 4.57. The number of halogens is 1. The molecule has 0 bridgehead atoms. The van der Waals surface area contributed by atoms with Crippen LogP contribution in [-0.2, 0) is 20.6 Å². The molecule has 0 unspecified atom stereocenters. The van der Waals surface area contributed by atoms with Gasteiger partial charge in [-0.3, -0.25) is 9.10 Å². The molecule has 1 amide bonds. The number of para-hydroxylation sites is 1. The maximum absolute atomic E-state index is 12.8. The van der Waals surface area contributed by atoms with Gasteiger partial charge in [0.15, 0.2) is 0 Å². The molecule has 0 atom stereocenters. The van der Waals surface area contributed by atoms with Crippen molar-refractivity contribution in [1.29, 1.82) is 0 Å². The van der Waals surface area contributed by atoms with E-state index in [0.29, 0.717) is 34.5 Å². The molecule has 33 heavy (non-hydrogen) atoms. The minimum absolute atomic E-state index is 0.357. The van der Waals surface area contributed by atoms with Gasteiger partial charge in [-0.25, -0.2) is 8.42 Å². The summed E-state index contributed by atoms with van der Waals surface area (Å²) in [5, 5.41) is 3.53. The van der Waals surface area contributed by atoms with Crippen molar-refractivity contribution in [2.75, 3.05) is 29.0 Å². The SMILES string of the molecule is CCOc1cccc(N(CC(=O)Nc2ccccc2SCc2ccc(Cl)cc2)S(C)(=O)=O)c1. The van der Waals surface area contributed by atoms with Gasteiger partial charge in [0.1, 0.15) is 12.3 Å². The number of anilines is 2. The number of carbonyl (C=O) groups excluding carboxylic acids is 1. The summed E-state index contributed by atoms with van der Waals surface area (Å²) in [6.45, 7) is 1.94. The fourth-order valence-corrected chi connectivity index (χ4v) is 4.99. The summed E-state index contributed by atoms with van der Waals surface area (Å²) in [7, 11) is -3.70. The summed E-state index contributed by atoms with van der Waals surface area (Å²) in [5.74, 6) is 0.791. The summed E-state index contributed by atoms with van der Waals surface area (Å²) < 4.78 is 31.4. The Kier molecular flexibility index (Phi) is 8.66. The van der Waals surface area contributed by atoms with Crippen LogP contribution in [0.4, 0.5) is 11.4 Å². The van der Waals surface area contributed by atoms with E-state index >= 15 is 0 Å². The fourth-order valence-electron chi connectivity index (χ4n) is 3.05. The van der Waals surface area contributed by atoms with E-state index in [2.05, 4.69) is 5.32 Å². The number of thioether (sulfide) groups is 1. The first-order valence-corrected chi connectivity index (χ1v) is 13.4. The van der Waals surface area contributed by atoms with Gasteiger partial charge in [-0.05, 0) is 48.9 Å². The molecule has 1 N–H and O–H groups in total. The molecule has 0 fully saturated rings. The van der Waals surface area contributed by atoms with Crippen molar-refractivity contribution in [1.82, 2.24) is 0 Å². The quantitative estimate of drug-likeness (QED) is 0.372. The van der Waals surface area contributed by atoms with Crippen molar-refractivity contribution in [3.8, 4) is 5.75 Å². The molecule has 0 aromatic heterocycles. The van der Waals surface area contributed by atoms with Crippen LogP contribution in [0.3, 0.4) is 0 Å². The maximum Gasteiger partial charge on any atom is 0.245 e. The van der Waals surface area contributed by atoms with Crippen LogP contribution in [0.2, 0.25) is 5.02 Å². The second-order valence-electron chi connectivity index (χ2n) is 7.16.